The predicted molar refractivity (Wildman–Crippen MR) is 126 cm³/mol. The van der Waals surface area contributed by atoms with Crippen LogP contribution >= 0.6 is 11.3 Å². The predicted octanol–water partition coefficient (Wildman–Crippen LogP) is 4.50. The quantitative estimate of drug-likeness (QED) is 0.451. The minimum atomic E-state index is -0.345. The van der Waals surface area contributed by atoms with Crippen molar-refractivity contribution in [2.75, 3.05) is 18.9 Å². The van der Waals surface area contributed by atoms with Crippen molar-refractivity contribution in [3.63, 3.8) is 0 Å². The third-order valence-corrected chi connectivity index (χ3v) is 6.86. The van der Waals surface area contributed by atoms with Crippen molar-refractivity contribution < 1.29 is 18.4 Å². The average Bonchev–Trinajstić information content (AvgIpc) is 3.54. The molecule has 3 aromatic rings. The highest BCUT2D eigenvalue weighted by molar-refractivity contribution is 7.18. The number of hydrazine groups is 1. The molecule has 1 fully saturated rings. The average molecular weight is 471 g/mol. The van der Waals surface area contributed by atoms with Crippen molar-refractivity contribution in [2.24, 2.45) is 0 Å². The Bertz CT molecular complexity index is 1110. The van der Waals surface area contributed by atoms with Crippen LogP contribution in [0.4, 0.5) is 9.39 Å². The molecule has 1 aliphatic rings. The monoisotopic (exact) mass is 470 g/mol. The van der Waals surface area contributed by atoms with Gasteiger partial charge in [-0.1, -0.05) is 12.1 Å². The molecule has 3 N–H and O–H groups in total. The second-order valence-electron chi connectivity index (χ2n) is 8.25. The highest BCUT2D eigenvalue weighted by atomic mass is 32.1. The summed E-state index contributed by atoms with van der Waals surface area (Å²) in [6, 6.07) is 12.0. The number of halogens is 1. The lowest BCUT2D eigenvalue weighted by molar-refractivity contribution is 0.0795. The Morgan fingerprint density at radius 3 is 2.85 bits per heavy atom. The number of nitrogens with one attached hydrogen (secondary N) is 3. The van der Waals surface area contributed by atoms with E-state index in [0.717, 1.165) is 30.4 Å². The summed E-state index contributed by atoms with van der Waals surface area (Å²) in [4.78, 5) is 27.4. The summed E-state index contributed by atoms with van der Waals surface area (Å²) in [5, 5.41) is 3.38. The van der Waals surface area contributed by atoms with Gasteiger partial charge in [-0.3, -0.25) is 20.4 Å². The number of rotatable bonds is 8. The van der Waals surface area contributed by atoms with Gasteiger partial charge in [-0.05, 0) is 67.6 Å². The Kier molecular flexibility index (Phi) is 7.22. The lowest BCUT2D eigenvalue weighted by Crippen LogP contribution is -2.32. The van der Waals surface area contributed by atoms with E-state index in [1.807, 2.05) is 13.0 Å². The van der Waals surface area contributed by atoms with Crippen molar-refractivity contribution in [1.29, 1.82) is 0 Å². The SMILES string of the molecule is Cc1cc(NC(=O)c2ccco2)sc1C(=O)N(C)CCCC1CC(c2cccc(F)c2)NN1. The molecule has 2 amide bonds. The molecule has 7 nitrogen and oxygen atoms in total. The summed E-state index contributed by atoms with van der Waals surface area (Å²) in [5.41, 5.74) is 8.27. The van der Waals surface area contributed by atoms with Gasteiger partial charge in [-0.25, -0.2) is 4.39 Å². The number of benzene rings is 1. The number of aryl methyl sites for hydroxylation is 1. The van der Waals surface area contributed by atoms with Gasteiger partial charge in [0.05, 0.1) is 16.1 Å². The number of carbonyl (C=O) groups excluding carboxylic acids is 2. The Morgan fingerprint density at radius 1 is 1.24 bits per heavy atom. The van der Waals surface area contributed by atoms with E-state index in [-0.39, 0.29) is 35.5 Å². The van der Waals surface area contributed by atoms with Crippen LogP contribution in [-0.2, 0) is 0 Å². The van der Waals surface area contributed by atoms with E-state index in [2.05, 4.69) is 16.2 Å². The molecule has 4 rings (SSSR count). The van der Waals surface area contributed by atoms with Gasteiger partial charge in [-0.2, -0.15) is 0 Å². The van der Waals surface area contributed by atoms with Crippen LogP contribution < -0.4 is 16.2 Å². The molecule has 0 saturated carbocycles. The van der Waals surface area contributed by atoms with Crippen LogP contribution in [0.3, 0.4) is 0 Å². The zero-order chi connectivity index (χ0) is 23.4. The van der Waals surface area contributed by atoms with Crippen molar-refractivity contribution in [3.05, 3.63) is 76.3 Å². The Hall–Kier alpha value is -3.01. The lowest BCUT2D eigenvalue weighted by Gasteiger charge is -2.18. The van der Waals surface area contributed by atoms with E-state index < -0.39 is 0 Å². The molecule has 1 aromatic carbocycles. The molecule has 2 aromatic heterocycles. The third-order valence-electron chi connectivity index (χ3n) is 5.72. The van der Waals surface area contributed by atoms with E-state index in [4.69, 9.17) is 4.42 Å². The van der Waals surface area contributed by atoms with Crippen LogP contribution in [0.1, 0.15) is 56.7 Å². The maximum atomic E-state index is 13.5. The molecule has 3 heterocycles. The molecular formula is C24H27FN4O3S. The second-order valence-corrected chi connectivity index (χ2v) is 9.30. The topological polar surface area (TPSA) is 86.6 Å². The lowest BCUT2D eigenvalue weighted by atomic mass is 9.99. The normalized spacial score (nSPS) is 17.8. The molecular weight excluding hydrogens is 443 g/mol. The van der Waals surface area contributed by atoms with Gasteiger partial charge in [0, 0.05) is 25.7 Å². The number of hydrogen-bond donors (Lipinski definition) is 3. The van der Waals surface area contributed by atoms with Gasteiger partial charge in [0.15, 0.2) is 5.76 Å². The first-order valence-corrected chi connectivity index (χ1v) is 11.7. The highest BCUT2D eigenvalue weighted by Crippen LogP contribution is 2.29. The molecule has 2 atom stereocenters. The fourth-order valence-electron chi connectivity index (χ4n) is 3.94. The van der Waals surface area contributed by atoms with E-state index in [1.165, 1.54) is 23.7 Å². The highest BCUT2D eigenvalue weighted by Gasteiger charge is 2.25. The Labute approximate surface area is 195 Å². The smallest absolute Gasteiger partial charge is 0.291 e. The first-order valence-electron chi connectivity index (χ1n) is 10.9. The van der Waals surface area contributed by atoms with Gasteiger partial charge in [-0.15, -0.1) is 11.3 Å². The van der Waals surface area contributed by atoms with Crippen LogP contribution in [0.2, 0.25) is 0 Å². The summed E-state index contributed by atoms with van der Waals surface area (Å²) in [7, 11) is 1.79. The van der Waals surface area contributed by atoms with Gasteiger partial charge < -0.3 is 14.6 Å². The fraction of sp³-hybridized carbons (Fsp3) is 0.333. The summed E-state index contributed by atoms with van der Waals surface area (Å²) in [5.74, 6) is -0.417. The molecule has 0 bridgehead atoms. The minimum absolute atomic E-state index is 0.0638. The second kappa shape index (κ2) is 10.3. The standard InChI is InChI=1S/C24H27FN4O3S/c1-15-12-21(26-23(30)20-9-5-11-32-20)33-22(15)24(31)29(2)10-4-8-18-14-19(28-27-18)16-6-3-7-17(25)13-16/h3,5-7,9,11-13,18-19,27-28H,4,8,10,14H2,1-2H3,(H,26,30). The summed E-state index contributed by atoms with van der Waals surface area (Å²) < 4.78 is 18.6. The number of nitrogens with zero attached hydrogens (tertiary/aromatic N) is 1. The first-order chi connectivity index (χ1) is 15.9. The molecule has 33 heavy (non-hydrogen) atoms. The van der Waals surface area contributed by atoms with Gasteiger partial charge in [0.1, 0.15) is 5.82 Å². The number of anilines is 1. The Balaban J connectivity index is 1.25. The molecule has 1 aliphatic heterocycles. The van der Waals surface area contributed by atoms with E-state index >= 15 is 0 Å². The molecule has 0 spiro atoms. The first kappa shape index (κ1) is 23.2. The van der Waals surface area contributed by atoms with Crippen LogP contribution in [-0.4, -0.2) is 36.3 Å². The number of carbonyl (C=O) groups is 2. The fourth-order valence-corrected chi connectivity index (χ4v) is 5.00. The molecule has 9 heteroatoms. The maximum absolute atomic E-state index is 13.5. The van der Waals surface area contributed by atoms with Crippen molar-refractivity contribution in [3.8, 4) is 0 Å². The van der Waals surface area contributed by atoms with Gasteiger partial charge in [0.2, 0.25) is 0 Å². The van der Waals surface area contributed by atoms with E-state index in [0.29, 0.717) is 16.4 Å². The van der Waals surface area contributed by atoms with E-state index in [9.17, 15) is 14.0 Å². The number of amides is 2. The molecule has 2 unspecified atom stereocenters. The number of thiophene rings is 1. The van der Waals surface area contributed by atoms with E-state index in [1.54, 1.807) is 42.3 Å². The zero-order valence-electron chi connectivity index (χ0n) is 18.6. The summed E-state index contributed by atoms with van der Waals surface area (Å²) in [6.07, 6.45) is 4.04. The Morgan fingerprint density at radius 2 is 2.09 bits per heavy atom. The number of furan rings is 1. The number of hydrogen-bond acceptors (Lipinski definition) is 6. The van der Waals surface area contributed by atoms with Crippen LogP contribution in [0.25, 0.3) is 0 Å². The van der Waals surface area contributed by atoms with Crippen molar-refractivity contribution >= 4 is 28.2 Å². The molecule has 0 radical (unpaired) electrons. The van der Waals surface area contributed by atoms with Crippen molar-refractivity contribution in [2.45, 2.75) is 38.3 Å². The largest absolute Gasteiger partial charge is 0.459 e. The van der Waals surface area contributed by atoms with Crippen LogP contribution in [0, 0.1) is 12.7 Å². The molecule has 174 valence electrons. The molecule has 1 saturated heterocycles. The zero-order valence-corrected chi connectivity index (χ0v) is 19.4. The molecule has 0 aliphatic carbocycles. The van der Waals surface area contributed by atoms with Crippen molar-refractivity contribution in [1.82, 2.24) is 15.8 Å². The minimum Gasteiger partial charge on any atom is -0.459 e. The third kappa shape index (κ3) is 5.68. The maximum Gasteiger partial charge on any atom is 0.291 e. The van der Waals surface area contributed by atoms with Crippen LogP contribution in [0.5, 0.6) is 0 Å². The summed E-state index contributed by atoms with van der Waals surface area (Å²) >= 11 is 1.26. The summed E-state index contributed by atoms with van der Waals surface area (Å²) in [6.45, 7) is 2.48. The van der Waals surface area contributed by atoms with Crippen LogP contribution in [0.15, 0.2) is 53.1 Å². The van der Waals surface area contributed by atoms with Gasteiger partial charge in [0.25, 0.3) is 11.8 Å². The van der Waals surface area contributed by atoms with Gasteiger partial charge >= 0.3 is 0 Å².